The van der Waals surface area contributed by atoms with Crippen LogP contribution in [-0.2, 0) is 19.2 Å². The zero-order valence-corrected chi connectivity index (χ0v) is 27.7. The first-order valence-corrected chi connectivity index (χ1v) is 15.2. The fraction of sp³-hybridized carbons (Fsp3) is 0.353. The Kier molecular flexibility index (Phi) is 13.3. The van der Waals surface area contributed by atoms with Crippen molar-refractivity contribution in [3.8, 4) is 23.0 Å². The van der Waals surface area contributed by atoms with E-state index in [1.165, 1.54) is 69.7 Å². The van der Waals surface area contributed by atoms with Gasteiger partial charge in [0.25, 0.3) is 5.91 Å². The molecule has 2 amide bonds. The summed E-state index contributed by atoms with van der Waals surface area (Å²) in [4.78, 5) is 62.6. The van der Waals surface area contributed by atoms with E-state index < -0.39 is 47.0 Å². The molecular formula is C34H36F2N2O12. The highest BCUT2D eigenvalue weighted by molar-refractivity contribution is 6.11. The minimum Gasteiger partial charge on any atom is -0.493 e. The number of nitrogens with one attached hydrogen (secondary N) is 1. The van der Waals surface area contributed by atoms with Crippen LogP contribution in [0.25, 0.3) is 0 Å². The summed E-state index contributed by atoms with van der Waals surface area (Å²) in [5.41, 5.74) is -0.428. The summed E-state index contributed by atoms with van der Waals surface area (Å²) in [7, 11) is 5.60. The number of methoxy groups -OCH3 is 4. The Hall–Kier alpha value is -5.48. The van der Waals surface area contributed by atoms with Crippen LogP contribution in [-0.4, -0.2) is 89.8 Å². The standard InChI is InChI=1S/C34H36F2N2O12/c1-43-18-47-26-16-23(35)15-25(36)29(26)30(39)20-8-10-21(11-9-20)33(41)49-50-34(42)38-12-6-5-7-24(17-38)37-32(40)22-13-27(45-3)31(48-19-44-2)28(14-22)46-4/h8-11,13-16,24H,5-7,12,17-19H2,1-4H3,(H,37,40). The first kappa shape index (κ1) is 37.3. The summed E-state index contributed by atoms with van der Waals surface area (Å²) in [5, 5.41) is 2.91. The van der Waals surface area contributed by atoms with Gasteiger partial charge in [-0.15, -0.1) is 0 Å². The first-order chi connectivity index (χ1) is 24.1. The number of carbonyl (C=O) groups is 4. The molecule has 0 aromatic heterocycles. The highest BCUT2D eigenvalue weighted by Crippen LogP contribution is 2.38. The van der Waals surface area contributed by atoms with Crippen molar-refractivity contribution in [3.63, 3.8) is 0 Å². The van der Waals surface area contributed by atoms with Gasteiger partial charge in [0.1, 0.15) is 22.9 Å². The van der Waals surface area contributed by atoms with Crippen molar-refractivity contribution >= 4 is 23.8 Å². The fourth-order valence-electron chi connectivity index (χ4n) is 5.05. The Labute approximate surface area is 286 Å². The molecule has 1 atom stereocenters. The van der Waals surface area contributed by atoms with E-state index in [2.05, 4.69) is 5.32 Å². The summed E-state index contributed by atoms with van der Waals surface area (Å²) in [6, 6.07) is 8.76. The van der Waals surface area contributed by atoms with Gasteiger partial charge in [-0.2, -0.15) is 0 Å². The number of ketones is 1. The maximum atomic E-state index is 14.6. The number of halogens is 2. The lowest BCUT2D eigenvalue weighted by atomic mass is 10.0. The molecule has 16 heteroatoms. The summed E-state index contributed by atoms with van der Waals surface area (Å²) >= 11 is 0. The molecule has 0 spiro atoms. The molecule has 1 aliphatic rings. The van der Waals surface area contributed by atoms with Gasteiger partial charge in [0, 0.05) is 56.6 Å². The zero-order chi connectivity index (χ0) is 36.2. The minimum atomic E-state index is -1.14. The summed E-state index contributed by atoms with van der Waals surface area (Å²) in [6.45, 7) is -0.0741. The van der Waals surface area contributed by atoms with E-state index in [0.717, 1.165) is 6.07 Å². The Morgan fingerprint density at radius 2 is 1.42 bits per heavy atom. The van der Waals surface area contributed by atoms with Crippen LogP contribution in [0.4, 0.5) is 13.6 Å². The van der Waals surface area contributed by atoms with Crippen molar-refractivity contribution in [1.82, 2.24) is 10.2 Å². The Morgan fingerprint density at radius 1 is 0.780 bits per heavy atom. The third-order valence-electron chi connectivity index (χ3n) is 7.46. The fourth-order valence-corrected chi connectivity index (χ4v) is 5.05. The monoisotopic (exact) mass is 702 g/mol. The van der Waals surface area contributed by atoms with Gasteiger partial charge < -0.3 is 38.6 Å². The molecule has 14 nitrogen and oxygen atoms in total. The SMILES string of the molecule is COCOc1cc(F)cc(F)c1C(=O)c1ccc(C(=O)OOC(=O)N2CCCCC(NC(=O)c3cc(OC)c(OCOC)c(OC)c3)C2)cc1. The molecule has 4 rings (SSSR count). The highest BCUT2D eigenvalue weighted by Gasteiger charge is 2.28. The molecule has 0 saturated carbocycles. The molecule has 0 bridgehead atoms. The lowest BCUT2D eigenvalue weighted by Gasteiger charge is -2.24. The summed E-state index contributed by atoms with van der Waals surface area (Å²) in [5.74, 6) is -4.01. The van der Waals surface area contributed by atoms with Crippen molar-refractivity contribution in [2.45, 2.75) is 25.3 Å². The Balaban J connectivity index is 1.36. The molecule has 1 aliphatic heterocycles. The number of ether oxygens (including phenoxy) is 6. The van der Waals surface area contributed by atoms with Crippen LogP contribution in [0.5, 0.6) is 23.0 Å². The molecule has 1 heterocycles. The maximum Gasteiger partial charge on any atom is 0.453 e. The third-order valence-corrected chi connectivity index (χ3v) is 7.46. The van der Waals surface area contributed by atoms with E-state index in [4.69, 9.17) is 38.2 Å². The number of hydrogen-bond acceptors (Lipinski definition) is 12. The van der Waals surface area contributed by atoms with Crippen molar-refractivity contribution in [1.29, 1.82) is 0 Å². The molecule has 1 unspecified atom stereocenters. The van der Waals surface area contributed by atoms with Crippen molar-refractivity contribution in [2.75, 3.05) is 55.1 Å². The average Bonchev–Trinajstić information content (AvgIpc) is 3.36. The van der Waals surface area contributed by atoms with E-state index in [1.54, 1.807) is 0 Å². The van der Waals surface area contributed by atoms with Crippen LogP contribution in [0.15, 0.2) is 48.5 Å². The van der Waals surface area contributed by atoms with Gasteiger partial charge in [-0.1, -0.05) is 12.1 Å². The molecule has 3 aromatic carbocycles. The van der Waals surface area contributed by atoms with Gasteiger partial charge in [0.2, 0.25) is 5.75 Å². The van der Waals surface area contributed by atoms with Crippen LogP contribution in [0.1, 0.15) is 55.9 Å². The highest BCUT2D eigenvalue weighted by atomic mass is 19.1. The average molecular weight is 703 g/mol. The van der Waals surface area contributed by atoms with Crippen molar-refractivity contribution in [2.24, 2.45) is 0 Å². The predicted molar refractivity (Wildman–Crippen MR) is 169 cm³/mol. The molecule has 0 radical (unpaired) electrons. The van der Waals surface area contributed by atoms with Gasteiger partial charge in [-0.05, 0) is 43.5 Å². The van der Waals surface area contributed by atoms with Crippen LogP contribution in [0.3, 0.4) is 0 Å². The molecular weight excluding hydrogens is 666 g/mol. The molecule has 1 N–H and O–H groups in total. The normalized spacial score (nSPS) is 14.2. The summed E-state index contributed by atoms with van der Waals surface area (Å²) < 4.78 is 59.4. The van der Waals surface area contributed by atoms with Gasteiger partial charge in [0.05, 0.1) is 19.8 Å². The number of carbonyl (C=O) groups excluding carboxylic acids is 4. The largest absolute Gasteiger partial charge is 0.493 e. The number of likely N-dealkylation sites (tertiary alicyclic amines) is 1. The van der Waals surface area contributed by atoms with E-state index in [1.807, 2.05) is 0 Å². The van der Waals surface area contributed by atoms with Crippen LogP contribution in [0.2, 0.25) is 0 Å². The Morgan fingerprint density at radius 3 is 2.06 bits per heavy atom. The van der Waals surface area contributed by atoms with Gasteiger partial charge in [0.15, 0.2) is 30.9 Å². The zero-order valence-electron chi connectivity index (χ0n) is 27.7. The second-order valence-electron chi connectivity index (χ2n) is 10.8. The lowest BCUT2D eigenvalue weighted by Crippen LogP contribution is -2.45. The third kappa shape index (κ3) is 9.35. The first-order valence-electron chi connectivity index (χ1n) is 15.2. The van der Waals surface area contributed by atoms with Gasteiger partial charge >= 0.3 is 12.1 Å². The molecule has 0 aliphatic carbocycles. The quantitative estimate of drug-likeness (QED) is 0.114. The topological polar surface area (TPSA) is 157 Å². The number of benzene rings is 3. The summed E-state index contributed by atoms with van der Waals surface area (Å²) in [6.07, 6.45) is 0.901. The van der Waals surface area contributed by atoms with Gasteiger partial charge in [-0.25, -0.2) is 28.1 Å². The molecule has 1 saturated heterocycles. The van der Waals surface area contributed by atoms with E-state index >= 15 is 0 Å². The second kappa shape index (κ2) is 17.8. The van der Waals surface area contributed by atoms with Crippen LogP contribution < -0.4 is 24.3 Å². The number of hydrogen-bond donors (Lipinski definition) is 1. The predicted octanol–water partition coefficient (Wildman–Crippen LogP) is 4.67. The number of rotatable bonds is 13. The van der Waals surface area contributed by atoms with E-state index in [-0.39, 0.29) is 66.4 Å². The van der Waals surface area contributed by atoms with E-state index in [9.17, 15) is 28.0 Å². The number of amides is 2. The Bertz CT molecular complexity index is 1660. The van der Waals surface area contributed by atoms with Crippen LogP contribution >= 0.6 is 0 Å². The molecule has 1 fully saturated rings. The second-order valence-corrected chi connectivity index (χ2v) is 10.8. The van der Waals surface area contributed by atoms with E-state index in [0.29, 0.717) is 25.3 Å². The van der Waals surface area contributed by atoms with Crippen LogP contribution in [0, 0.1) is 11.6 Å². The minimum absolute atomic E-state index is 0.0452. The molecule has 50 heavy (non-hydrogen) atoms. The maximum absolute atomic E-state index is 14.6. The smallest absolute Gasteiger partial charge is 0.453 e. The number of nitrogens with zero attached hydrogens (tertiary/aromatic N) is 1. The van der Waals surface area contributed by atoms with Crippen molar-refractivity contribution < 1.29 is 66.2 Å². The molecule has 3 aromatic rings. The lowest BCUT2D eigenvalue weighted by molar-refractivity contribution is -0.192. The van der Waals surface area contributed by atoms with Gasteiger partial charge in [-0.3, -0.25) is 9.59 Å². The molecule has 268 valence electrons. The van der Waals surface area contributed by atoms with Crippen molar-refractivity contribution in [3.05, 3.63) is 82.4 Å².